The van der Waals surface area contributed by atoms with Crippen molar-refractivity contribution in [3.05, 3.63) is 89.0 Å². The van der Waals surface area contributed by atoms with E-state index in [1.807, 2.05) is 32.0 Å². The summed E-state index contributed by atoms with van der Waals surface area (Å²) in [5.41, 5.74) is 2.94. The highest BCUT2D eigenvalue weighted by Gasteiger charge is 2.36. The zero-order valence-corrected chi connectivity index (χ0v) is 25.4. The summed E-state index contributed by atoms with van der Waals surface area (Å²) in [6.45, 7) is 11.0. The molecule has 3 N–H and O–H groups in total. The number of methoxy groups -OCH3 is 1. The Morgan fingerprint density at radius 2 is 1.60 bits per heavy atom. The van der Waals surface area contributed by atoms with E-state index in [4.69, 9.17) is 9.47 Å². The number of nitrogens with one attached hydrogen (secondary N) is 2. The summed E-state index contributed by atoms with van der Waals surface area (Å²) >= 11 is 0. The van der Waals surface area contributed by atoms with E-state index in [0.29, 0.717) is 22.6 Å². The molecule has 9 heteroatoms. The molecule has 0 saturated heterocycles. The number of ether oxygens (including phenoxy) is 2. The number of hydrogen-bond acceptors (Lipinski definition) is 6. The average molecular weight is 576 g/mol. The molecule has 3 aromatic carbocycles. The summed E-state index contributed by atoms with van der Waals surface area (Å²) in [7, 11) is 1.56. The van der Waals surface area contributed by atoms with Crippen molar-refractivity contribution in [3.8, 4) is 11.5 Å². The number of alkyl carbamates (subject to hydrolysis) is 1. The summed E-state index contributed by atoms with van der Waals surface area (Å²) in [5.74, 6) is -0.117. The van der Waals surface area contributed by atoms with Gasteiger partial charge in [-0.15, -0.1) is 0 Å². The molecule has 0 bridgehead atoms. The lowest BCUT2D eigenvalue weighted by Gasteiger charge is -2.34. The van der Waals surface area contributed by atoms with Crippen LogP contribution in [0.5, 0.6) is 11.5 Å². The van der Waals surface area contributed by atoms with Crippen molar-refractivity contribution >= 4 is 23.6 Å². The number of carbonyl (C=O) groups excluding carboxylic acids is 3. The smallest absolute Gasteiger partial charge is 0.408 e. The second-order valence-corrected chi connectivity index (χ2v) is 11.2. The molecular weight excluding hydrogens is 534 g/mol. The van der Waals surface area contributed by atoms with Crippen molar-refractivity contribution in [3.63, 3.8) is 0 Å². The monoisotopic (exact) mass is 575 g/mol. The molecule has 0 heterocycles. The molecule has 42 heavy (non-hydrogen) atoms. The first kappa shape index (κ1) is 32.0. The molecule has 0 fully saturated rings. The lowest BCUT2D eigenvalue weighted by atomic mass is 9.95. The largest absolute Gasteiger partial charge is 0.508 e. The average Bonchev–Trinajstić information content (AvgIpc) is 2.93. The predicted octanol–water partition coefficient (Wildman–Crippen LogP) is 5.68. The number of phenolic OH excluding ortho intramolecular Hbond substituents is 1. The van der Waals surface area contributed by atoms with E-state index in [-0.39, 0.29) is 18.7 Å². The van der Waals surface area contributed by atoms with Crippen LogP contribution in [0.2, 0.25) is 0 Å². The number of phenols is 1. The fourth-order valence-corrected chi connectivity index (χ4v) is 4.57. The highest BCUT2D eigenvalue weighted by molar-refractivity contribution is 5.99. The molecule has 224 valence electrons. The van der Waals surface area contributed by atoms with Crippen LogP contribution >= 0.6 is 0 Å². The summed E-state index contributed by atoms with van der Waals surface area (Å²) < 4.78 is 10.7. The van der Waals surface area contributed by atoms with Crippen molar-refractivity contribution in [2.75, 3.05) is 19.0 Å². The Morgan fingerprint density at radius 1 is 0.952 bits per heavy atom. The summed E-state index contributed by atoms with van der Waals surface area (Å²) in [6, 6.07) is 17.1. The molecule has 0 saturated carbocycles. The third kappa shape index (κ3) is 8.73. The van der Waals surface area contributed by atoms with Crippen LogP contribution in [0.4, 0.5) is 10.5 Å². The van der Waals surface area contributed by atoms with Crippen LogP contribution in [-0.4, -0.2) is 53.2 Å². The van der Waals surface area contributed by atoms with Gasteiger partial charge in [0.1, 0.15) is 29.2 Å². The molecule has 0 aliphatic carbocycles. The molecule has 3 rings (SSSR count). The van der Waals surface area contributed by atoms with Crippen LogP contribution < -0.4 is 15.4 Å². The topological polar surface area (TPSA) is 117 Å². The maximum absolute atomic E-state index is 14.3. The van der Waals surface area contributed by atoms with Gasteiger partial charge in [-0.05, 0) is 94.6 Å². The normalized spacial score (nSPS) is 12.5. The zero-order valence-electron chi connectivity index (χ0n) is 25.4. The number of nitrogens with zero attached hydrogens (tertiary/aromatic N) is 1. The summed E-state index contributed by atoms with van der Waals surface area (Å²) in [6.07, 6.45) is -0.629. The first-order chi connectivity index (χ1) is 19.8. The third-order valence-electron chi connectivity index (χ3n) is 6.64. The number of rotatable bonds is 10. The number of likely N-dealkylation sites (N-methyl/N-ethyl adjacent to an activating group) is 1. The van der Waals surface area contributed by atoms with Crippen LogP contribution in [0.1, 0.15) is 56.0 Å². The summed E-state index contributed by atoms with van der Waals surface area (Å²) in [5, 5.41) is 15.4. The lowest BCUT2D eigenvalue weighted by molar-refractivity contribution is -0.140. The van der Waals surface area contributed by atoms with Crippen LogP contribution in [0.25, 0.3) is 0 Å². The van der Waals surface area contributed by atoms with Gasteiger partial charge in [0.2, 0.25) is 5.91 Å². The minimum absolute atomic E-state index is 0.0853. The van der Waals surface area contributed by atoms with E-state index in [2.05, 4.69) is 10.6 Å². The van der Waals surface area contributed by atoms with Crippen LogP contribution in [0.15, 0.2) is 66.7 Å². The van der Waals surface area contributed by atoms with Crippen molar-refractivity contribution in [1.29, 1.82) is 0 Å². The first-order valence-electron chi connectivity index (χ1n) is 13.9. The quantitative estimate of drug-likeness (QED) is 0.286. The van der Waals surface area contributed by atoms with Gasteiger partial charge in [-0.3, -0.25) is 9.59 Å². The van der Waals surface area contributed by atoms with Crippen molar-refractivity contribution < 1.29 is 29.0 Å². The molecule has 0 radical (unpaired) electrons. The molecular formula is C33H41N3O6. The molecule has 0 aliphatic heterocycles. The molecule has 0 aliphatic rings. The van der Waals surface area contributed by atoms with Crippen molar-refractivity contribution in [1.82, 2.24) is 10.2 Å². The Labute approximate surface area is 247 Å². The van der Waals surface area contributed by atoms with E-state index in [1.165, 1.54) is 17.0 Å². The van der Waals surface area contributed by atoms with Gasteiger partial charge < -0.3 is 30.1 Å². The number of carbonyl (C=O) groups is 3. The van der Waals surface area contributed by atoms with Gasteiger partial charge >= 0.3 is 6.09 Å². The minimum Gasteiger partial charge on any atom is -0.508 e. The van der Waals surface area contributed by atoms with Crippen LogP contribution in [-0.2, 0) is 20.7 Å². The van der Waals surface area contributed by atoms with E-state index in [9.17, 15) is 19.5 Å². The van der Waals surface area contributed by atoms with Gasteiger partial charge in [-0.1, -0.05) is 35.9 Å². The first-order valence-corrected chi connectivity index (χ1v) is 13.9. The summed E-state index contributed by atoms with van der Waals surface area (Å²) in [4.78, 5) is 42.6. The number of anilines is 1. The third-order valence-corrected chi connectivity index (χ3v) is 6.64. The maximum atomic E-state index is 14.3. The highest BCUT2D eigenvalue weighted by atomic mass is 16.6. The number of aryl methyl sites for hydroxylation is 2. The van der Waals surface area contributed by atoms with E-state index in [1.54, 1.807) is 71.2 Å². The van der Waals surface area contributed by atoms with Crippen LogP contribution in [0.3, 0.4) is 0 Å². The highest BCUT2D eigenvalue weighted by Crippen LogP contribution is 2.29. The Hall–Kier alpha value is -4.53. The SMILES string of the molecule is CCN(C(=O)C(Cc1ccc(O)cc1)NC(=O)OC(C)(C)C)C(C(=O)Nc1ccc(OC)cc1)c1cc(C)ccc1C. The van der Waals surface area contributed by atoms with E-state index < -0.39 is 35.6 Å². The lowest BCUT2D eigenvalue weighted by Crippen LogP contribution is -2.53. The predicted molar refractivity (Wildman–Crippen MR) is 163 cm³/mol. The number of aromatic hydroxyl groups is 1. The standard InChI is InChI=1S/C33H41N3O6/c1-8-36(31(39)28(35-32(40)42-33(4,5)6)20-23-11-15-25(37)16-12-23)29(27-19-21(2)9-10-22(27)3)30(38)34-24-13-17-26(41-7)18-14-24/h9-19,28-29,37H,8,20H2,1-7H3,(H,34,38)(H,35,40). The zero-order chi connectivity index (χ0) is 31.0. The minimum atomic E-state index is -1.05. The Bertz CT molecular complexity index is 1380. The Kier molecular flexibility index (Phi) is 10.6. The molecule has 0 spiro atoms. The number of amides is 3. The van der Waals surface area contributed by atoms with Gasteiger partial charge in [0.05, 0.1) is 7.11 Å². The Balaban J connectivity index is 2.03. The fraction of sp³-hybridized carbons (Fsp3) is 0.364. The molecule has 2 unspecified atom stereocenters. The fourth-order valence-electron chi connectivity index (χ4n) is 4.57. The van der Waals surface area contributed by atoms with Crippen molar-refractivity contribution in [2.24, 2.45) is 0 Å². The van der Waals surface area contributed by atoms with Crippen molar-refractivity contribution in [2.45, 2.75) is 65.6 Å². The van der Waals surface area contributed by atoms with Crippen LogP contribution in [0, 0.1) is 13.8 Å². The van der Waals surface area contributed by atoms with Gasteiger partial charge in [0.15, 0.2) is 0 Å². The van der Waals surface area contributed by atoms with E-state index >= 15 is 0 Å². The molecule has 0 aromatic heterocycles. The maximum Gasteiger partial charge on any atom is 0.408 e. The second-order valence-electron chi connectivity index (χ2n) is 11.2. The van der Waals surface area contributed by atoms with Gasteiger partial charge in [0.25, 0.3) is 5.91 Å². The second kappa shape index (κ2) is 13.9. The van der Waals surface area contributed by atoms with Gasteiger partial charge in [0, 0.05) is 18.7 Å². The van der Waals surface area contributed by atoms with Gasteiger partial charge in [-0.2, -0.15) is 0 Å². The van der Waals surface area contributed by atoms with E-state index in [0.717, 1.165) is 11.1 Å². The number of hydrogen-bond donors (Lipinski definition) is 3. The molecule has 2 atom stereocenters. The molecule has 9 nitrogen and oxygen atoms in total. The molecule has 3 aromatic rings. The van der Waals surface area contributed by atoms with Gasteiger partial charge in [-0.25, -0.2) is 4.79 Å². The molecule has 3 amide bonds. The number of benzene rings is 3. The Morgan fingerprint density at radius 3 is 2.17 bits per heavy atom.